The Morgan fingerprint density at radius 3 is 2.45 bits per heavy atom. The van der Waals surface area contributed by atoms with Crippen molar-refractivity contribution in [2.75, 3.05) is 7.11 Å². The summed E-state index contributed by atoms with van der Waals surface area (Å²) in [5, 5.41) is 10.1. The van der Waals surface area contributed by atoms with E-state index in [4.69, 9.17) is 4.74 Å². The Kier molecular flexibility index (Phi) is 4.29. The zero-order chi connectivity index (χ0) is 14.7. The van der Waals surface area contributed by atoms with E-state index in [1.165, 1.54) is 25.3 Å². The third kappa shape index (κ3) is 3.11. The number of hydrogen-bond donors (Lipinski definition) is 1. The Bertz CT molecular complexity index is 614. The van der Waals surface area contributed by atoms with Gasteiger partial charge in [0.15, 0.2) is 11.6 Å². The van der Waals surface area contributed by atoms with E-state index in [0.29, 0.717) is 11.3 Å². The van der Waals surface area contributed by atoms with Crippen molar-refractivity contribution in [1.82, 2.24) is 0 Å². The molecule has 2 aromatic rings. The van der Waals surface area contributed by atoms with Crippen molar-refractivity contribution in [3.05, 3.63) is 65.0 Å². The normalized spacial score (nSPS) is 12.2. The van der Waals surface area contributed by atoms with Crippen molar-refractivity contribution >= 4 is 0 Å². The van der Waals surface area contributed by atoms with Gasteiger partial charge in [-0.3, -0.25) is 0 Å². The summed E-state index contributed by atoms with van der Waals surface area (Å²) in [4.78, 5) is 0. The number of halogens is 3. The second-order valence-corrected chi connectivity index (χ2v) is 4.35. The van der Waals surface area contributed by atoms with E-state index >= 15 is 0 Å². The van der Waals surface area contributed by atoms with Crippen molar-refractivity contribution in [1.29, 1.82) is 0 Å². The lowest BCUT2D eigenvalue weighted by molar-refractivity contribution is 0.173. The molecule has 0 fully saturated rings. The fraction of sp³-hybridized carbons (Fsp3) is 0.200. The third-order valence-corrected chi connectivity index (χ3v) is 2.96. The molecule has 0 heterocycles. The van der Waals surface area contributed by atoms with Gasteiger partial charge in [0, 0.05) is 12.0 Å². The van der Waals surface area contributed by atoms with Gasteiger partial charge in [-0.15, -0.1) is 0 Å². The van der Waals surface area contributed by atoms with Crippen LogP contribution in [0.5, 0.6) is 5.75 Å². The molecule has 0 spiro atoms. The van der Waals surface area contributed by atoms with Crippen LogP contribution in [0.25, 0.3) is 0 Å². The van der Waals surface area contributed by atoms with Crippen LogP contribution in [0.2, 0.25) is 0 Å². The fourth-order valence-corrected chi connectivity index (χ4v) is 1.97. The van der Waals surface area contributed by atoms with E-state index in [1.54, 1.807) is 0 Å². The van der Waals surface area contributed by atoms with E-state index in [9.17, 15) is 18.3 Å². The number of aliphatic hydroxyl groups is 1. The first-order valence-corrected chi connectivity index (χ1v) is 5.96. The molecule has 1 N–H and O–H groups in total. The first-order chi connectivity index (χ1) is 9.51. The third-order valence-electron chi connectivity index (χ3n) is 2.96. The molecule has 0 aliphatic rings. The van der Waals surface area contributed by atoms with Gasteiger partial charge in [0.1, 0.15) is 11.6 Å². The summed E-state index contributed by atoms with van der Waals surface area (Å²) in [6.07, 6.45) is -1.05. The summed E-state index contributed by atoms with van der Waals surface area (Å²) in [6.45, 7) is 0. The fourth-order valence-electron chi connectivity index (χ4n) is 1.97. The summed E-state index contributed by atoms with van der Waals surface area (Å²) in [5.41, 5.74) is 0.667. The van der Waals surface area contributed by atoms with Gasteiger partial charge in [0.2, 0.25) is 0 Å². The zero-order valence-electron chi connectivity index (χ0n) is 10.7. The van der Waals surface area contributed by atoms with Gasteiger partial charge in [0.05, 0.1) is 13.2 Å². The van der Waals surface area contributed by atoms with E-state index in [2.05, 4.69) is 0 Å². The van der Waals surface area contributed by atoms with Gasteiger partial charge in [-0.05, 0) is 35.9 Å². The molecular weight excluding hydrogens is 269 g/mol. The molecule has 20 heavy (non-hydrogen) atoms. The smallest absolute Gasteiger partial charge is 0.159 e. The van der Waals surface area contributed by atoms with Crippen molar-refractivity contribution in [2.45, 2.75) is 12.5 Å². The second kappa shape index (κ2) is 5.96. The van der Waals surface area contributed by atoms with Crippen molar-refractivity contribution < 1.29 is 23.0 Å². The molecule has 0 amide bonds. The van der Waals surface area contributed by atoms with Crippen LogP contribution in [0, 0.1) is 17.5 Å². The van der Waals surface area contributed by atoms with Crippen LogP contribution < -0.4 is 4.74 Å². The first kappa shape index (κ1) is 14.4. The highest BCUT2D eigenvalue weighted by atomic mass is 19.2. The van der Waals surface area contributed by atoms with Gasteiger partial charge >= 0.3 is 0 Å². The summed E-state index contributed by atoms with van der Waals surface area (Å²) >= 11 is 0. The van der Waals surface area contributed by atoms with Crippen LogP contribution in [0.4, 0.5) is 13.2 Å². The number of methoxy groups -OCH3 is 1. The van der Waals surface area contributed by atoms with Crippen molar-refractivity contribution in [3.8, 4) is 5.75 Å². The molecule has 0 radical (unpaired) electrons. The number of ether oxygens (including phenoxy) is 1. The predicted octanol–water partition coefficient (Wildman–Crippen LogP) is 3.39. The largest absolute Gasteiger partial charge is 0.496 e. The average molecular weight is 282 g/mol. The molecule has 0 saturated heterocycles. The number of aliphatic hydroxyl groups excluding tert-OH is 1. The lowest BCUT2D eigenvalue weighted by Crippen LogP contribution is -2.05. The molecule has 0 aliphatic heterocycles. The predicted molar refractivity (Wildman–Crippen MR) is 68.0 cm³/mol. The lowest BCUT2D eigenvalue weighted by atomic mass is 10.0. The van der Waals surface area contributed by atoms with Gasteiger partial charge in [-0.1, -0.05) is 6.07 Å². The summed E-state index contributed by atoms with van der Waals surface area (Å²) < 4.78 is 44.2. The van der Waals surface area contributed by atoms with Crippen LogP contribution in [0.15, 0.2) is 36.4 Å². The van der Waals surface area contributed by atoms with Crippen LogP contribution in [-0.2, 0) is 6.42 Å². The summed E-state index contributed by atoms with van der Waals surface area (Å²) in [6, 6.07) is 7.13. The van der Waals surface area contributed by atoms with Gasteiger partial charge in [-0.2, -0.15) is 0 Å². The molecule has 0 saturated carbocycles. The maximum atomic E-state index is 13.2. The highest BCUT2D eigenvalue weighted by Gasteiger charge is 2.16. The van der Waals surface area contributed by atoms with Crippen molar-refractivity contribution in [3.63, 3.8) is 0 Å². The zero-order valence-corrected chi connectivity index (χ0v) is 10.7. The number of hydrogen-bond acceptors (Lipinski definition) is 2. The molecule has 2 rings (SSSR count). The van der Waals surface area contributed by atoms with Crippen LogP contribution in [0.1, 0.15) is 17.2 Å². The van der Waals surface area contributed by atoms with E-state index in [0.717, 1.165) is 18.2 Å². The van der Waals surface area contributed by atoms with Crippen molar-refractivity contribution in [2.24, 2.45) is 0 Å². The highest BCUT2D eigenvalue weighted by molar-refractivity contribution is 5.36. The topological polar surface area (TPSA) is 29.5 Å². The Morgan fingerprint density at radius 2 is 1.80 bits per heavy atom. The maximum absolute atomic E-state index is 13.2. The van der Waals surface area contributed by atoms with E-state index in [1.807, 2.05) is 0 Å². The molecule has 1 unspecified atom stereocenters. The Hall–Kier alpha value is -2.01. The average Bonchev–Trinajstić information content (AvgIpc) is 2.43. The van der Waals surface area contributed by atoms with Gasteiger partial charge in [0.25, 0.3) is 0 Å². The molecule has 106 valence electrons. The maximum Gasteiger partial charge on any atom is 0.159 e. The minimum atomic E-state index is -1.08. The molecule has 0 aromatic heterocycles. The summed E-state index contributed by atoms with van der Waals surface area (Å²) in [7, 11) is 1.40. The first-order valence-electron chi connectivity index (χ1n) is 5.96. The van der Waals surface area contributed by atoms with Crippen LogP contribution in [-0.4, -0.2) is 12.2 Å². The minimum Gasteiger partial charge on any atom is -0.496 e. The highest BCUT2D eigenvalue weighted by Crippen LogP contribution is 2.28. The Labute approximate surface area is 114 Å². The number of rotatable bonds is 4. The minimum absolute atomic E-state index is 0.0248. The molecule has 0 bridgehead atoms. The molecular formula is C15H13F3O2. The van der Waals surface area contributed by atoms with E-state index < -0.39 is 23.6 Å². The summed E-state index contributed by atoms with van der Waals surface area (Å²) in [5.74, 6) is -2.11. The van der Waals surface area contributed by atoms with Crippen LogP contribution in [0.3, 0.4) is 0 Å². The second-order valence-electron chi connectivity index (χ2n) is 4.35. The molecule has 1 atom stereocenters. The molecule has 2 aromatic carbocycles. The standard InChI is InChI=1S/C15H13F3O2/c1-20-15-5-3-10(16)8-11(15)14(19)7-9-2-4-12(17)13(18)6-9/h2-6,8,14,19H,7H2,1H3. The van der Waals surface area contributed by atoms with E-state index in [-0.39, 0.29) is 12.0 Å². The molecule has 0 aliphatic carbocycles. The SMILES string of the molecule is COc1ccc(F)cc1C(O)Cc1ccc(F)c(F)c1. The molecule has 5 heteroatoms. The van der Waals surface area contributed by atoms with Gasteiger partial charge < -0.3 is 9.84 Å². The van der Waals surface area contributed by atoms with Crippen LogP contribution >= 0.6 is 0 Å². The lowest BCUT2D eigenvalue weighted by Gasteiger charge is -2.15. The quantitative estimate of drug-likeness (QED) is 0.931. The monoisotopic (exact) mass is 282 g/mol. The Balaban J connectivity index is 2.25. The van der Waals surface area contributed by atoms with Gasteiger partial charge in [-0.25, -0.2) is 13.2 Å². The molecule has 2 nitrogen and oxygen atoms in total. The number of benzene rings is 2. The Morgan fingerprint density at radius 1 is 1.05 bits per heavy atom.